The predicted octanol–water partition coefficient (Wildman–Crippen LogP) is 2.70. The Morgan fingerprint density at radius 3 is 2.71 bits per heavy atom. The van der Waals surface area contributed by atoms with Crippen LogP contribution in [0.4, 0.5) is 10.2 Å². The molecule has 0 unspecified atom stereocenters. The van der Waals surface area contributed by atoms with Crippen LogP contribution >= 0.6 is 11.6 Å². The van der Waals surface area contributed by atoms with Gasteiger partial charge in [0.1, 0.15) is 45.3 Å². The van der Waals surface area contributed by atoms with E-state index in [9.17, 15) is 22.4 Å². The topological polar surface area (TPSA) is 160 Å². The number of hydrogen-bond acceptors (Lipinski definition) is 9. The van der Waals surface area contributed by atoms with E-state index >= 15 is 0 Å². The van der Waals surface area contributed by atoms with Crippen molar-refractivity contribution in [3.63, 3.8) is 0 Å². The van der Waals surface area contributed by atoms with Gasteiger partial charge in [0.25, 0.3) is 17.3 Å². The van der Waals surface area contributed by atoms with Crippen molar-refractivity contribution < 1.29 is 22.3 Å². The Morgan fingerprint density at radius 2 is 2.05 bits per heavy atom. The third-order valence-corrected chi connectivity index (χ3v) is 9.79. The highest BCUT2D eigenvalue weighted by molar-refractivity contribution is 7.94. The third-order valence-electron chi connectivity index (χ3n) is 7.05. The van der Waals surface area contributed by atoms with E-state index in [1.165, 1.54) is 55.2 Å². The van der Waals surface area contributed by atoms with Crippen molar-refractivity contribution in [1.82, 2.24) is 25.1 Å². The van der Waals surface area contributed by atoms with Crippen LogP contribution in [-0.2, 0) is 23.6 Å². The van der Waals surface area contributed by atoms with Gasteiger partial charge < -0.3 is 14.6 Å². The number of benzene rings is 1. The van der Waals surface area contributed by atoms with Crippen LogP contribution in [0, 0.1) is 17.1 Å². The summed E-state index contributed by atoms with van der Waals surface area (Å²) in [5.41, 5.74) is -0.360. The lowest BCUT2D eigenvalue weighted by atomic mass is 10.1. The van der Waals surface area contributed by atoms with Crippen LogP contribution in [0.25, 0.3) is 10.9 Å². The molecular formula is C27H23ClFN7O5S. The molecule has 0 atom stereocenters. The minimum absolute atomic E-state index is 0.0721. The maximum absolute atomic E-state index is 13.9. The zero-order valence-electron chi connectivity index (χ0n) is 22.3. The molecule has 1 amide bonds. The number of ether oxygens (including phenoxy) is 1. The smallest absolute Gasteiger partial charge is 0.263 e. The number of nitrogens with zero attached hydrogens (tertiary/aromatic N) is 6. The molecule has 0 bridgehead atoms. The molecule has 1 saturated carbocycles. The molecule has 0 spiro atoms. The van der Waals surface area contributed by atoms with Gasteiger partial charge in [0, 0.05) is 26.0 Å². The largest absolute Gasteiger partial charge is 0.473 e. The molecule has 1 aromatic carbocycles. The van der Waals surface area contributed by atoms with Crippen molar-refractivity contribution in [1.29, 1.82) is 5.26 Å². The first kappa shape index (κ1) is 28.9. The van der Waals surface area contributed by atoms with E-state index in [1.54, 1.807) is 12.1 Å². The van der Waals surface area contributed by atoms with Gasteiger partial charge in [0.15, 0.2) is 0 Å². The first-order valence-electron chi connectivity index (χ1n) is 12.5. The zero-order valence-corrected chi connectivity index (χ0v) is 23.9. The molecule has 1 aliphatic rings. The summed E-state index contributed by atoms with van der Waals surface area (Å²) in [6.07, 6.45) is 2.02. The molecule has 4 aromatic rings. The standard InChI is InChI=1S/C27H23ClFN7O5S/c1-35-23-18(11-19(26(35)38)24(37)31-13-16-6-7-17(12-30)20(29)10-16)14-32-34-25(23)41-15-27(8-9-27)42(39,40)36(2)22-5-3-4-21(28)33-22/h3-7,10-11,14H,8-9,13,15H2,1-2H3,(H,31,37). The SMILES string of the molecule is CN(c1cccc(Cl)n1)S(=O)(=O)C1(COc2nncc3cc(C(=O)NCc4ccc(C#N)c(F)c4)c(=O)n(C)c23)CC1. The van der Waals surface area contributed by atoms with Crippen molar-refractivity contribution in [2.45, 2.75) is 24.1 Å². The molecule has 1 N–H and O–H groups in total. The van der Waals surface area contributed by atoms with Crippen LogP contribution in [0.1, 0.15) is 34.3 Å². The highest BCUT2D eigenvalue weighted by Crippen LogP contribution is 2.46. The number of anilines is 1. The van der Waals surface area contributed by atoms with E-state index in [0.29, 0.717) is 23.8 Å². The molecule has 1 fully saturated rings. The summed E-state index contributed by atoms with van der Waals surface area (Å²) in [6.45, 7) is -0.340. The number of nitriles is 1. The van der Waals surface area contributed by atoms with Gasteiger partial charge in [-0.2, -0.15) is 10.4 Å². The van der Waals surface area contributed by atoms with Crippen molar-refractivity contribution >= 4 is 44.3 Å². The van der Waals surface area contributed by atoms with Crippen molar-refractivity contribution in [2.75, 3.05) is 18.0 Å². The fraction of sp³-hybridized carbons (Fsp3) is 0.259. The Hall–Kier alpha value is -4.61. The fourth-order valence-corrected chi connectivity index (χ4v) is 6.33. The number of fused-ring (bicyclic) bond motifs is 1. The molecule has 216 valence electrons. The minimum atomic E-state index is -3.91. The summed E-state index contributed by atoms with van der Waals surface area (Å²) in [6, 6.07) is 11.6. The van der Waals surface area contributed by atoms with Gasteiger partial charge in [-0.25, -0.2) is 17.8 Å². The maximum atomic E-state index is 13.9. The summed E-state index contributed by atoms with van der Waals surface area (Å²) >= 11 is 5.94. The van der Waals surface area contributed by atoms with E-state index in [-0.39, 0.29) is 46.6 Å². The summed E-state index contributed by atoms with van der Waals surface area (Å²) < 4.78 is 47.7. The molecule has 3 heterocycles. The molecule has 5 rings (SSSR count). The Balaban J connectivity index is 1.36. The number of rotatable bonds is 9. The first-order valence-corrected chi connectivity index (χ1v) is 14.4. The van der Waals surface area contributed by atoms with Crippen LogP contribution in [-0.4, -0.2) is 52.5 Å². The third kappa shape index (κ3) is 5.24. The van der Waals surface area contributed by atoms with Crippen molar-refractivity contribution in [3.8, 4) is 11.9 Å². The van der Waals surface area contributed by atoms with Gasteiger partial charge in [-0.1, -0.05) is 23.7 Å². The number of sulfonamides is 1. The number of carbonyl (C=O) groups is 1. The molecule has 0 radical (unpaired) electrons. The number of carbonyl (C=O) groups excluding carboxylic acids is 1. The summed E-state index contributed by atoms with van der Waals surface area (Å²) in [4.78, 5) is 30.1. The minimum Gasteiger partial charge on any atom is -0.473 e. The molecule has 15 heteroatoms. The summed E-state index contributed by atoms with van der Waals surface area (Å²) in [5, 5.41) is 19.8. The van der Waals surface area contributed by atoms with Gasteiger partial charge in [-0.3, -0.25) is 13.9 Å². The summed E-state index contributed by atoms with van der Waals surface area (Å²) in [7, 11) is -1.10. The molecule has 1 aliphatic carbocycles. The number of aryl methyl sites for hydroxylation is 1. The Bertz CT molecular complexity index is 1940. The maximum Gasteiger partial charge on any atom is 0.263 e. The van der Waals surface area contributed by atoms with E-state index in [1.807, 2.05) is 0 Å². The monoisotopic (exact) mass is 611 g/mol. The lowest BCUT2D eigenvalue weighted by Crippen LogP contribution is -2.41. The van der Waals surface area contributed by atoms with Gasteiger partial charge in [-0.05, 0) is 48.7 Å². The van der Waals surface area contributed by atoms with Crippen LogP contribution in [0.15, 0.2) is 53.5 Å². The number of pyridine rings is 2. The normalized spacial score (nSPS) is 13.8. The lowest BCUT2D eigenvalue weighted by Gasteiger charge is -2.25. The van der Waals surface area contributed by atoms with Crippen molar-refractivity contribution in [3.05, 3.63) is 86.7 Å². The molecule has 12 nitrogen and oxygen atoms in total. The molecule has 3 aromatic heterocycles. The average Bonchev–Trinajstić information content (AvgIpc) is 3.78. The second-order valence-electron chi connectivity index (χ2n) is 9.75. The summed E-state index contributed by atoms with van der Waals surface area (Å²) in [5.74, 6) is -1.33. The molecular weight excluding hydrogens is 589 g/mol. The van der Waals surface area contributed by atoms with Crippen LogP contribution in [0.2, 0.25) is 5.15 Å². The number of aromatic nitrogens is 4. The highest BCUT2D eigenvalue weighted by atomic mass is 35.5. The quantitative estimate of drug-likeness (QED) is 0.281. The van der Waals surface area contributed by atoms with Crippen molar-refractivity contribution in [2.24, 2.45) is 7.05 Å². The molecule has 0 aliphatic heterocycles. The molecule has 0 saturated heterocycles. The van der Waals surface area contributed by atoms with E-state index < -0.39 is 32.1 Å². The van der Waals surface area contributed by atoms with Crippen LogP contribution in [0.5, 0.6) is 5.88 Å². The van der Waals surface area contributed by atoms with E-state index in [0.717, 1.165) is 10.4 Å². The van der Waals surface area contributed by atoms with Crippen LogP contribution < -0.4 is 19.9 Å². The number of halogens is 2. The van der Waals surface area contributed by atoms with Gasteiger partial charge >= 0.3 is 0 Å². The number of amides is 1. The van der Waals surface area contributed by atoms with Crippen LogP contribution in [0.3, 0.4) is 0 Å². The second-order valence-corrected chi connectivity index (χ2v) is 12.5. The predicted molar refractivity (Wildman–Crippen MR) is 151 cm³/mol. The van der Waals surface area contributed by atoms with E-state index in [4.69, 9.17) is 21.6 Å². The highest BCUT2D eigenvalue weighted by Gasteiger charge is 2.57. The first-order chi connectivity index (χ1) is 20.0. The fourth-order valence-electron chi connectivity index (χ4n) is 4.42. The second kappa shape index (κ2) is 11.0. The Kier molecular flexibility index (Phi) is 7.56. The zero-order chi connectivity index (χ0) is 30.2. The Labute approximate surface area is 244 Å². The number of hydrogen-bond donors (Lipinski definition) is 1. The Morgan fingerprint density at radius 1 is 1.29 bits per heavy atom. The molecule has 42 heavy (non-hydrogen) atoms. The number of nitrogens with one attached hydrogen (secondary N) is 1. The van der Waals surface area contributed by atoms with E-state index in [2.05, 4.69) is 20.5 Å². The van der Waals surface area contributed by atoms with Gasteiger partial charge in [-0.15, -0.1) is 5.10 Å². The average molecular weight is 612 g/mol. The van der Waals surface area contributed by atoms with Gasteiger partial charge in [0.05, 0.1) is 11.8 Å². The lowest BCUT2D eigenvalue weighted by molar-refractivity contribution is 0.0949. The van der Waals surface area contributed by atoms with Gasteiger partial charge in [0.2, 0.25) is 10.0 Å².